The predicted octanol–water partition coefficient (Wildman–Crippen LogP) is 22.5. The summed E-state index contributed by atoms with van der Waals surface area (Å²) >= 11 is 0. The van der Waals surface area contributed by atoms with Crippen LogP contribution in [0.5, 0.6) is 0 Å². The summed E-state index contributed by atoms with van der Waals surface area (Å²) in [5, 5.41) is 3.04. The van der Waals surface area contributed by atoms with Crippen molar-refractivity contribution in [2.24, 2.45) is 0 Å². The topological polar surface area (TPSA) is 114 Å². The van der Waals surface area contributed by atoms with Crippen LogP contribution in [0.3, 0.4) is 0 Å². The molecule has 85 heavy (non-hydrogen) atoms. The molecule has 3 atom stereocenters. The number of quaternary nitrogens is 1. The molecule has 0 bridgehead atoms. The lowest BCUT2D eigenvalue weighted by Gasteiger charge is -2.30. The van der Waals surface area contributed by atoms with Crippen molar-refractivity contribution in [1.82, 2.24) is 5.32 Å². The Bertz CT molecular complexity index is 1680. The Hall–Kier alpha value is -2.55. The number of hydrogen-bond acceptors (Lipinski definition) is 7. The van der Waals surface area contributed by atoms with Crippen LogP contribution in [0.15, 0.2) is 72.9 Å². The molecule has 0 rings (SSSR count). The van der Waals surface area contributed by atoms with Crippen LogP contribution in [0.25, 0.3) is 0 Å². The Morgan fingerprint density at radius 1 is 0.412 bits per heavy atom. The summed E-state index contributed by atoms with van der Waals surface area (Å²) in [6.07, 6.45) is 84.6. The Kier molecular flexibility index (Phi) is 62.5. The number of ether oxygens (including phenoxy) is 1. The van der Waals surface area contributed by atoms with Crippen LogP contribution in [-0.4, -0.2) is 69.4 Å². The van der Waals surface area contributed by atoms with Crippen molar-refractivity contribution in [3.05, 3.63) is 72.9 Å². The summed E-state index contributed by atoms with van der Waals surface area (Å²) in [7, 11) is 1.18. The van der Waals surface area contributed by atoms with E-state index in [2.05, 4.69) is 86.8 Å². The lowest BCUT2D eigenvalue weighted by atomic mass is 10.0. The average molecular weight is 1210 g/mol. The van der Waals surface area contributed by atoms with Gasteiger partial charge in [0.1, 0.15) is 19.3 Å². The van der Waals surface area contributed by atoms with Gasteiger partial charge in [0.05, 0.1) is 33.8 Å². The molecule has 0 aliphatic heterocycles. The van der Waals surface area contributed by atoms with Gasteiger partial charge in [-0.05, 0) is 102 Å². The van der Waals surface area contributed by atoms with Crippen LogP contribution < -0.4 is 10.2 Å². The maximum Gasteiger partial charge on any atom is 0.306 e. The molecule has 0 aliphatic rings. The lowest BCUT2D eigenvalue weighted by Crippen LogP contribution is -2.47. The van der Waals surface area contributed by atoms with E-state index in [1.807, 2.05) is 33.3 Å². The Labute approximate surface area is 527 Å². The van der Waals surface area contributed by atoms with E-state index in [0.717, 1.165) is 89.9 Å². The number of allylic oxidation sites excluding steroid dienone is 11. The van der Waals surface area contributed by atoms with E-state index in [0.29, 0.717) is 17.4 Å². The van der Waals surface area contributed by atoms with Gasteiger partial charge in [-0.15, -0.1) is 0 Å². The summed E-state index contributed by atoms with van der Waals surface area (Å²) in [5.74, 6) is -0.544. The van der Waals surface area contributed by atoms with Gasteiger partial charge in [0.25, 0.3) is 7.82 Å². The lowest BCUT2D eigenvalue weighted by molar-refractivity contribution is -0.870. The number of nitrogens with one attached hydrogen (secondary N) is 1. The van der Waals surface area contributed by atoms with E-state index in [1.165, 1.54) is 218 Å². The minimum atomic E-state index is -4.71. The van der Waals surface area contributed by atoms with Crippen molar-refractivity contribution >= 4 is 19.7 Å². The molecular formula is C75H139N2O7P. The summed E-state index contributed by atoms with van der Waals surface area (Å²) in [4.78, 5) is 40.2. The first-order valence-electron chi connectivity index (χ1n) is 36.2. The first-order chi connectivity index (χ1) is 41.4. The fourth-order valence-electron chi connectivity index (χ4n) is 10.5. The summed E-state index contributed by atoms with van der Waals surface area (Å²) in [6.45, 7) is 6.83. The highest BCUT2D eigenvalue weighted by Gasteiger charge is 2.27. The number of phosphoric acid groups is 1. The molecule has 3 unspecified atom stereocenters. The van der Waals surface area contributed by atoms with Gasteiger partial charge in [0.15, 0.2) is 0 Å². The minimum Gasteiger partial charge on any atom is -0.756 e. The van der Waals surface area contributed by atoms with Gasteiger partial charge in [-0.3, -0.25) is 14.2 Å². The second-order valence-electron chi connectivity index (χ2n) is 25.7. The van der Waals surface area contributed by atoms with E-state index in [9.17, 15) is 19.0 Å². The minimum absolute atomic E-state index is 0.0258. The molecule has 10 heteroatoms. The third-order valence-corrected chi connectivity index (χ3v) is 17.1. The zero-order valence-electron chi connectivity index (χ0n) is 56.8. The molecule has 0 aromatic heterocycles. The molecule has 9 nitrogen and oxygen atoms in total. The van der Waals surface area contributed by atoms with Crippen molar-refractivity contribution in [3.8, 4) is 0 Å². The van der Waals surface area contributed by atoms with Gasteiger partial charge in [0, 0.05) is 12.8 Å². The van der Waals surface area contributed by atoms with Crippen molar-refractivity contribution in [2.45, 2.75) is 354 Å². The molecule has 0 heterocycles. The number of carbonyl (C=O) groups excluding carboxylic acids is 2. The Balaban J connectivity index is 5.02. The molecule has 1 N–H and O–H groups in total. The highest BCUT2D eigenvalue weighted by molar-refractivity contribution is 7.45. The SMILES string of the molecule is CCCCC/C=C\C/C=C\C/C=C\C/C=C\CCCCCCCCCC(=O)NC(COP(=O)([O-])OCC[N+](C)(C)C)C(/C=C/CCCCCCCCCCC)OC(=O)CCCCCCCCCCCCCCCCC/C=C/CCCCCCCC. The molecule has 1 amide bonds. The summed E-state index contributed by atoms with van der Waals surface area (Å²) in [6, 6.07) is -0.897. The van der Waals surface area contributed by atoms with Crippen LogP contribution >= 0.6 is 7.82 Å². The molecule has 0 radical (unpaired) electrons. The normalized spacial score (nSPS) is 13.9. The van der Waals surface area contributed by atoms with Gasteiger partial charge < -0.3 is 28.5 Å². The average Bonchev–Trinajstić information content (AvgIpc) is 3.62. The smallest absolute Gasteiger partial charge is 0.306 e. The molecule has 0 saturated carbocycles. The van der Waals surface area contributed by atoms with Gasteiger partial charge in [-0.25, -0.2) is 0 Å². The van der Waals surface area contributed by atoms with Gasteiger partial charge >= 0.3 is 5.97 Å². The zero-order valence-corrected chi connectivity index (χ0v) is 57.7. The highest BCUT2D eigenvalue weighted by Crippen LogP contribution is 2.38. The maximum absolute atomic E-state index is 13.6. The van der Waals surface area contributed by atoms with Crippen LogP contribution in [0.1, 0.15) is 342 Å². The maximum atomic E-state index is 13.6. The van der Waals surface area contributed by atoms with Crippen LogP contribution in [0, 0.1) is 0 Å². The van der Waals surface area contributed by atoms with Gasteiger partial charge in [-0.2, -0.15) is 0 Å². The number of carbonyl (C=O) groups is 2. The number of rotatable bonds is 66. The Morgan fingerprint density at radius 3 is 1.11 bits per heavy atom. The second-order valence-corrected chi connectivity index (χ2v) is 27.1. The molecule has 0 aromatic rings. The van der Waals surface area contributed by atoms with E-state index in [-0.39, 0.29) is 24.9 Å². The van der Waals surface area contributed by atoms with Gasteiger partial charge in [-0.1, -0.05) is 299 Å². The number of likely N-dealkylation sites (N-methyl/N-ethyl adjacent to an activating group) is 1. The van der Waals surface area contributed by atoms with Crippen molar-refractivity contribution in [2.75, 3.05) is 40.9 Å². The summed E-state index contributed by atoms with van der Waals surface area (Å²) in [5.41, 5.74) is 0. The predicted molar refractivity (Wildman–Crippen MR) is 367 cm³/mol. The molecule has 0 fully saturated rings. The van der Waals surface area contributed by atoms with Crippen LogP contribution in [0.2, 0.25) is 0 Å². The molecule has 496 valence electrons. The van der Waals surface area contributed by atoms with E-state index < -0.39 is 26.6 Å². The van der Waals surface area contributed by atoms with E-state index in [1.54, 1.807) is 0 Å². The monoisotopic (exact) mass is 1210 g/mol. The molecule has 0 spiro atoms. The third kappa shape index (κ3) is 65.7. The number of unbranched alkanes of at least 4 members (excludes halogenated alkanes) is 40. The molecule has 0 saturated heterocycles. The fraction of sp³-hybridized carbons (Fsp3) is 0.813. The number of phosphoric ester groups is 1. The molecular weight excluding hydrogens is 1070 g/mol. The van der Waals surface area contributed by atoms with E-state index >= 15 is 0 Å². The number of hydrogen-bond donors (Lipinski definition) is 1. The van der Waals surface area contributed by atoms with Crippen LogP contribution in [0.4, 0.5) is 0 Å². The Morgan fingerprint density at radius 2 is 0.718 bits per heavy atom. The van der Waals surface area contributed by atoms with Gasteiger partial charge in [0.2, 0.25) is 5.91 Å². The molecule has 0 aliphatic carbocycles. The fourth-order valence-corrected chi connectivity index (χ4v) is 11.2. The summed E-state index contributed by atoms with van der Waals surface area (Å²) < 4.78 is 30.4. The number of amides is 1. The number of nitrogens with zero attached hydrogens (tertiary/aromatic N) is 1. The third-order valence-electron chi connectivity index (χ3n) is 16.1. The van der Waals surface area contributed by atoms with Crippen LogP contribution in [-0.2, 0) is 27.9 Å². The standard InChI is InChI=1S/C75H139N2O7P/c1-7-10-13-16-19-22-25-27-29-31-33-35-37-38-40-42-44-46-48-50-53-56-59-62-65-68-75(79)84-73(66-63-60-57-54-51-24-21-18-15-12-9-3)72(71-83-85(80,81)82-70-69-77(4,5)6)76-74(78)67-64-61-58-55-52-49-47-45-43-41-39-36-34-32-30-28-26-23-20-17-14-11-8-2/h20,23,27-30,34,36,41,43,63,66,72-73H,7-19,21-22,24-26,31-33,35,37-40,42,44-62,64-65,67-71H2,1-6H3,(H-,76,78,80,81)/b23-20-,29-27+,30-28-,36-34-,43-41-,66-63+. The molecule has 0 aromatic carbocycles. The number of esters is 1. The first kappa shape index (κ1) is 82.5. The van der Waals surface area contributed by atoms with Crippen molar-refractivity contribution in [1.29, 1.82) is 0 Å². The first-order valence-corrected chi connectivity index (χ1v) is 37.7. The van der Waals surface area contributed by atoms with Crippen molar-refractivity contribution < 1.29 is 37.3 Å². The second kappa shape index (κ2) is 64.4. The highest BCUT2D eigenvalue weighted by atomic mass is 31.2. The zero-order chi connectivity index (χ0) is 62.1. The van der Waals surface area contributed by atoms with E-state index in [4.69, 9.17) is 13.8 Å². The quantitative estimate of drug-likeness (QED) is 0.0212. The van der Waals surface area contributed by atoms with Crippen molar-refractivity contribution in [3.63, 3.8) is 0 Å². The largest absolute Gasteiger partial charge is 0.756 e.